The topological polar surface area (TPSA) is 120 Å². The summed E-state index contributed by atoms with van der Waals surface area (Å²) in [5.74, 6) is -5.26. The second kappa shape index (κ2) is 13.9. The smallest absolute Gasteiger partial charge is 0.475 e. The molecule has 0 radical (unpaired) electrons. The van der Waals surface area contributed by atoms with E-state index in [2.05, 4.69) is 14.8 Å². The number of alkyl halides is 6. The highest BCUT2D eigenvalue weighted by molar-refractivity contribution is 5.78. The van der Waals surface area contributed by atoms with E-state index in [1.165, 1.54) is 32.4 Å². The molecule has 3 fully saturated rings. The lowest BCUT2D eigenvalue weighted by molar-refractivity contribution is -0.193. The van der Waals surface area contributed by atoms with Gasteiger partial charge in [0.2, 0.25) is 5.91 Å². The number of rotatable bonds is 3. The van der Waals surface area contributed by atoms with Crippen molar-refractivity contribution in [3.63, 3.8) is 0 Å². The number of hydrogen-bond donors (Lipinski definition) is 2. The molecule has 1 aromatic rings. The van der Waals surface area contributed by atoms with Gasteiger partial charge in [0.1, 0.15) is 0 Å². The fourth-order valence-electron chi connectivity index (χ4n) is 4.76. The van der Waals surface area contributed by atoms with Crippen LogP contribution in [0.5, 0.6) is 0 Å². The molecule has 1 aromatic heterocycles. The maximum Gasteiger partial charge on any atom is 0.490 e. The summed E-state index contributed by atoms with van der Waals surface area (Å²) >= 11 is 0. The highest BCUT2D eigenvalue weighted by atomic mass is 19.4. The molecular weight excluding hydrogens is 540 g/mol. The number of amides is 1. The zero-order valence-electron chi connectivity index (χ0n) is 21.0. The van der Waals surface area contributed by atoms with Gasteiger partial charge in [0.25, 0.3) is 0 Å². The molecule has 220 valence electrons. The molecule has 15 heteroatoms. The van der Waals surface area contributed by atoms with Gasteiger partial charge in [-0.15, -0.1) is 0 Å². The summed E-state index contributed by atoms with van der Waals surface area (Å²) in [6.07, 6.45) is -0.145. The molecule has 3 saturated heterocycles. The lowest BCUT2D eigenvalue weighted by Gasteiger charge is -2.40. The predicted molar refractivity (Wildman–Crippen MR) is 124 cm³/mol. The zero-order valence-corrected chi connectivity index (χ0v) is 21.0. The first-order valence-corrected chi connectivity index (χ1v) is 12.2. The Bertz CT molecular complexity index is 922. The van der Waals surface area contributed by atoms with E-state index in [4.69, 9.17) is 24.5 Å². The largest absolute Gasteiger partial charge is 0.490 e. The Kier molecular flexibility index (Phi) is 11.5. The summed E-state index contributed by atoms with van der Waals surface area (Å²) in [5.41, 5.74) is 1.46. The molecule has 0 aromatic carbocycles. The summed E-state index contributed by atoms with van der Waals surface area (Å²) in [5, 5.41) is 14.2. The SMILES string of the molecule is O=C(Cc1cccnc1)N1CCC2(CC1)CCN(C1CCOCC1)C2.O=C(O)C(F)(F)F.O=C(O)C(F)(F)F. The van der Waals surface area contributed by atoms with Crippen molar-refractivity contribution in [2.75, 3.05) is 39.4 Å². The average Bonchev–Trinajstić information content (AvgIpc) is 3.28. The third kappa shape index (κ3) is 10.6. The van der Waals surface area contributed by atoms with Crippen LogP contribution in [0.4, 0.5) is 26.3 Å². The number of aromatic nitrogens is 1. The monoisotopic (exact) mass is 571 g/mol. The second-order valence-electron chi connectivity index (χ2n) is 9.59. The van der Waals surface area contributed by atoms with Crippen molar-refractivity contribution in [1.82, 2.24) is 14.8 Å². The Morgan fingerprint density at radius 3 is 1.92 bits per heavy atom. The predicted octanol–water partition coefficient (Wildman–Crippen LogP) is 3.38. The van der Waals surface area contributed by atoms with Gasteiger partial charge in [0.05, 0.1) is 6.42 Å². The van der Waals surface area contributed by atoms with E-state index in [1.807, 2.05) is 12.1 Å². The van der Waals surface area contributed by atoms with Crippen LogP contribution in [0.25, 0.3) is 0 Å². The highest BCUT2D eigenvalue weighted by Gasteiger charge is 2.43. The molecule has 0 atom stereocenters. The molecule has 3 aliphatic heterocycles. The number of likely N-dealkylation sites (tertiary alicyclic amines) is 2. The van der Waals surface area contributed by atoms with E-state index in [1.54, 1.807) is 12.4 Å². The van der Waals surface area contributed by atoms with Crippen LogP contribution in [0.1, 0.15) is 37.7 Å². The molecule has 3 aliphatic rings. The van der Waals surface area contributed by atoms with E-state index < -0.39 is 24.3 Å². The number of ether oxygens (including phenoxy) is 1. The van der Waals surface area contributed by atoms with Crippen molar-refractivity contribution in [3.05, 3.63) is 30.1 Å². The average molecular weight is 572 g/mol. The molecular formula is C24H31F6N3O6. The number of carbonyl (C=O) groups excluding carboxylic acids is 1. The fraction of sp³-hybridized carbons (Fsp3) is 0.667. The number of carboxylic acids is 2. The molecule has 0 aliphatic carbocycles. The van der Waals surface area contributed by atoms with Crippen LogP contribution >= 0.6 is 0 Å². The third-order valence-electron chi connectivity index (χ3n) is 6.92. The van der Waals surface area contributed by atoms with Crippen molar-refractivity contribution in [2.24, 2.45) is 5.41 Å². The van der Waals surface area contributed by atoms with Crippen LogP contribution in [0, 0.1) is 5.41 Å². The molecule has 4 heterocycles. The van der Waals surface area contributed by atoms with Crippen LogP contribution in [0.2, 0.25) is 0 Å². The van der Waals surface area contributed by atoms with E-state index in [0.717, 1.165) is 50.8 Å². The van der Waals surface area contributed by atoms with Crippen LogP contribution in [0.15, 0.2) is 24.5 Å². The van der Waals surface area contributed by atoms with Crippen LogP contribution < -0.4 is 0 Å². The van der Waals surface area contributed by atoms with Gasteiger partial charge in [-0.25, -0.2) is 9.59 Å². The zero-order chi connectivity index (χ0) is 29.3. The Morgan fingerprint density at radius 2 is 1.46 bits per heavy atom. The fourth-order valence-corrected chi connectivity index (χ4v) is 4.76. The number of piperidine rings is 1. The van der Waals surface area contributed by atoms with Crippen molar-refractivity contribution in [2.45, 2.75) is 56.9 Å². The van der Waals surface area contributed by atoms with Crippen molar-refractivity contribution < 1.29 is 55.7 Å². The molecule has 0 bridgehead atoms. The quantitative estimate of drug-likeness (QED) is 0.530. The normalized spacial score (nSPS) is 19.9. The van der Waals surface area contributed by atoms with Crippen LogP contribution in [0.3, 0.4) is 0 Å². The highest BCUT2D eigenvalue weighted by Crippen LogP contribution is 2.42. The molecule has 39 heavy (non-hydrogen) atoms. The summed E-state index contributed by atoms with van der Waals surface area (Å²) < 4.78 is 69.0. The Balaban J connectivity index is 0.000000317. The first-order valence-electron chi connectivity index (χ1n) is 12.2. The number of aliphatic carboxylic acids is 2. The third-order valence-corrected chi connectivity index (χ3v) is 6.92. The van der Waals surface area contributed by atoms with Gasteiger partial charge in [0.15, 0.2) is 0 Å². The van der Waals surface area contributed by atoms with E-state index in [0.29, 0.717) is 11.8 Å². The van der Waals surface area contributed by atoms with Crippen LogP contribution in [-0.2, 0) is 25.5 Å². The lowest BCUT2D eigenvalue weighted by Crippen LogP contribution is -2.46. The number of hydrogen-bond acceptors (Lipinski definition) is 6. The van der Waals surface area contributed by atoms with Crippen molar-refractivity contribution >= 4 is 17.8 Å². The summed E-state index contributed by atoms with van der Waals surface area (Å²) in [6, 6.07) is 4.61. The minimum atomic E-state index is -5.08. The van der Waals surface area contributed by atoms with Crippen molar-refractivity contribution in [1.29, 1.82) is 0 Å². The number of pyridine rings is 1. The van der Waals surface area contributed by atoms with Gasteiger partial charge in [-0.2, -0.15) is 26.3 Å². The molecule has 2 N–H and O–H groups in total. The first-order chi connectivity index (χ1) is 18.1. The molecule has 0 saturated carbocycles. The lowest BCUT2D eigenvalue weighted by atomic mass is 9.77. The summed E-state index contributed by atoms with van der Waals surface area (Å²) in [6.45, 7) is 6.13. The van der Waals surface area contributed by atoms with E-state index in [9.17, 15) is 31.1 Å². The standard InChI is InChI=1S/C20H29N3O2.2C2HF3O2/c24-19(14-17-2-1-8-21-15-17)22-9-5-20(6-10-22)7-11-23(16-20)18-3-12-25-13-4-18;2*3-2(4,5)1(6)7/h1-2,8,15,18H,3-7,9-14,16H2;2*(H,6,7). The Labute approximate surface area is 220 Å². The van der Waals surface area contributed by atoms with Crippen LogP contribution in [-0.4, -0.2) is 101 Å². The van der Waals surface area contributed by atoms with E-state index >= 15 is 0 Å². The van der Waals surface area contributed by atoms with Gasteiger partial charge in [-0.1, -0.05) is 6.07 Å². The number of nitrogens with zero attached hydrogens (tertiary/aromatic N) is 3. The summed E-state index contributed by atoms with van der Waals surface area (Å²) in [7, 11) is 0. The minimum Gasteiger partial charge on any atom is -0.475 e. The molecule has 0 unspecified atom stereocenters. The van der Waals surface area contributed by atoms with Gasteiger partial charge >= 0.3 is 24.3 Å². The van der Waals surface area contributed by atoms with Gasteiger partial charge < -0.3 is 19.8 Å². The molecule has 1 spiro atoms. The first kappa shape index (κ1) is 32.3. The molecule has 9 nitrogen and oxygen atoms in total. The van der Waals surface area contributed by atoms with E-state index in [-0.39, 0.29) is 5.91 Å². The number of carbonyl (C=O) groups is 3. The minimum absolute atomic E-state index is 0.252. The van der Waals surface area contributed by atoms with Gasteiger partial charge in [-0.3, -0.25) is 14.7 Å². The number of carboxylic acid groups (broad SMARTS) is 2. The van der Waals surface area contributed by atoms with Gasteiger partial charge in [-0.05, 0) is 55.7 Å². The second-order valence-corrected chi connectivity index (χ2v) is 9.59. The maximum absolute atomic E-state index is 12.6. The number of halogens is 6. The van der Waals surface area contributed by atoms with Gasteiger partial charge in [0, 0.05) is 51.3 Å². The molecule has 1 amide bonds. The molecule has 4 rings (SSSR count). The summed E-state index contributed by atoms with van der Waals surface area (Å²) in [4.78, 5) is 39.2. The Morgan fingerprint density at radius 1 is 0.949 bits per heavy atom. The van der Waals surface area contributed by atoms with Crippen molar-refractivity contribution in [3.8, 4) is 0 Å². The maximum atomic E-state index is 12.6. The Hall–Kier alpha value is -2.94.